The molecule has 0 aromatic rings. The molecule has 0 spiro atoms. The molecule has 2 rings (SSSR count). The zero-order valence-electron chi connectivity index (χ0n) is 15.0. The summed E-state index contributed by atoms with van der Waals surface area (Å²) >= 11 is 0. The molecule has 0 amide bonds. The molecule has 0 aromatic carbocycles. The normalized spacial score (nSPS) is 33.4. The van der Waals surface area contributed by atoms with Crippen LogP contribution in [0.3, 0.4) is 0 Å². The summed E-state index contributed by atoms with van der Waals surface area (Å²) in [5.41, 5.74) is 0.438. The molecule has 2 fully saturated rings. The van der Waals surface area contributed by atoms with E-state index in [1.165, 1.54) is 71.0 Å². The Balaban J connectivity index is 1.95. The Labute approximate surface area is 133 Å². The molecule has 0 aromatic heterocycles. The van der Waals surface area contributed by atoms with Crippen LogP contribution in [0.15, 0.2) is 0 Å². The molecule has 2 nitrogen and oxygen atoms in total. The van der Waals surface area contributed by atoms with Gasteiger partial charge in [0.2, 0.25) is 0 Å². The van der Waals surface area contributed by atoms with E-state index in [-0.39, 0.29) is 0 Å². The van der Waals surface area contributed by atoms with Crippen molar-refractivity contribution in [3.8, 4) is 0 Å². The molecule has 1 saturated heterocycles. The van der Waals surface area contributed by atoms with Crippen LogP contribution in [-0.4, -0.2) is 36.1 Å². The first-order valence-electron chi connectivity index (χ1n) is 9.55. The van der Waals surface area contributed by atoms with Crippen LogP contribution in [-0.2, 0) is 0 Å². The van der Waals surface area contributed by atoms with Crippen molar-refractivity contribution in [2.75, 3.05) is 19.6 Å². The monoisotopic (exact) mass is 294 g/mol. The van der Waals surface area contributed by atoms with Gasteiger partial charge in [0.15, 0.2) is 0 Å². The lowest BCUT2D eigenvalue weighted by atomic mass is 9.75. The number of nitrogens with one attached hydrogen (secondary N) is 1. The average molecular weight is 295 g/mol. The minimum atomic E-state index is 0.438. The number of rotatable bonds is 7. The van der Waals surface area contributed by atoms with Crippen LogP contribution in [0.2, 0.25) is 0 Å². The molecular formula is C19H38N2. The number of nitrogens with zero attached hydrogens (tertiary/aromatic N) is 1. The first kappa shape index (κ1) is 17.3. The Morgan fingerprint density at radius 1 is 1.14 bits per heavy atom. The lowest BCUT2D eigenvalue weighted by Gasteiger charge is -2.42. The molecule has 3 atom stereocenters. The molecule has 1 aliphatic carbocycles. The van der Waals surface area contributed by atoms with E-state index in [0.29, 0.717) is 5.54 Å². The van der Waals surface area contributed by atoms with Crippen LogP contribution in [0.5, 0.6) is 0 Å². The molecular weight excluding hydrogens is 256 g/mol. The zero-order valence-corrected chi connectivity index (χ0v) is 15.0. The highest BCUT2D eigenvalue weighted by atomic mass is 15.2. The third-order valence-corrected chi connectivity index (χ3v) is 5.97. The third kappa shape index (κ3) is 4.69. The van der Waals surface area contributed by atoms with Gasteiger partial charge in [-0.1, -0.05) is 26.7 Å². The van der Waals surface area contributed by atoms with Gasteiger partial charge in [0.05, 0.1) is 0 Å². The molecule has 21 heavy (non-hydrogen) atoms. The van der Waals surface area contributed by atoms with Gasteiger partial charge in [-0.25, -0.2) is 0 Å². The Kier molecular flexibility index (Phi) is 6.55. The fraction of sp³-hybridized carbons (Fsp3) is 1.00. The van der Waals surface area contributed by atoms with Gasteiger partial charge in [0.1, 0.15) is 0 Å². The quantitative estimate of drug-likeness (QED) is 0.746. The largest absolute Gasteiger partial charge is 0.314 e. The number of hydrogen-bond donors (Lipinski definition) is 1. The molecule has 1 aliphatic heterocycles. The maximum atomic E-state index is 3.86. The van der Waals surface area contributed by atoms with Gasteiger partial charge in [-0.05, 0) is 77.3 Å². The predicted octanol–water partition coefficient (Wildman–Crippen LogP) is 4.45. The van der Waals surface area contributed by atoms with Crippen molar-refractivity contribution >= 4 is 0 Å². The second-order valence-corrected chi connectivity index (χ2v) is 8.15. The molecule has 3 unspecified atom stereocenters. The minimum absolute atomic E-state index is 0.438. The van der Waals surface area contributed by atoms with Crippen LogP contribution in [0, 0.1) is 11.8 Å². The molecule has 2 aliphatic rings. The predicted molar refractivity (Wildman–Crippen MR) is 92.7 cm³/mol. The highest BCUT2D eigenvalue weighted by molar-refractivity contribution is 4.93. The van der Waals surface area contributed by atoms with E-state index in [1.807, 2.05) is 0 Å². The summed E-state index contributed by atoms with van der Waals surface area (Å²) in [5, 5.41) is 3.86. The highest BCUT2D eigenvalue weighted by Crippen LogP contribution is 2.36. The number of likely N-dealkylation sites (tertiary alicyclic amines) is 1. The molecule has 0 radical (unpaired) electrons. The van der Waals surface area contributed by atoms with Crippen molar-refractivity contribution in [2.45, 2.75) is 90.6 Å². The average Bonchev–Trinajstić information content (AvgIpc) is 2.77. The molecule has 2 heteroatoms. The molecule has 1 N–H and O–H groups in total. The lowest BCUT2D eigenvalue weighted by molar-refractivity contribution is 0.0971. The molecule has 0 bridgehead atoms. The van der Waals surface area contributed by atoms with Crippen LogP contribution in [0.25, 0.3) is 0 Å². The van der Waals surface area contributed by atoms with E-state index in [0.717, 1.165) is 17.9 Å². The summed E-state index contributed by atoms with van der Waals surface area (Å²) in [7, 11) is 0. The van der Waals surface area contributed by atoms with Gasteiger partial charge in [0.25, 0.3) is 0 Å². The van der Waals surface area contributed by atoms with Crippen molar-refractivity contribution in [3.05, 3.63) is 0 Å². The SMILES string of the molecule is CCCNC1CCC(CCC)CC1CN1CCCC1(C)C. The Morgan fingerprint density at radius 2 is 1.95 bits per heavy atom. The molecule has 1 saturated carbocycles. The fourth-order valence-electron chi connectivity index (χ4n) is 4.62. The second kappa shape index (κ2) is 7.97. The van der Waals surface area contributed by atoms with Crippen molar-refractivity contribution in [2.24, 2.45) is 11.8 Å². The van der Waals surface area contributed by atoms with E-state index in [4.69, 9.17) is 0 Å². The maximum Gasteiger partial charge on any atom is 0.0153 e. The standard InChI is InChI=1S/C19H38N2/c1-5-8-16-9-10-18(20-12-6-2)17(14-16)15-21-13-7-11-19(21,3)4/h16-18,20H,5-15H2,1-4H3. The Bertz CT molecular complexity index is 300. The highest BCUT2D eigenvalue weighted by Gasteiger charge is 2.37. The van der Waals surface area contributed by atoms with Gasteiger partial charge >= 0.3 is 0 Å². The molecule has 124 valence electrons. The summed E-state index contributed by atoms with van der Waals surface area (Å²) in [6, 6.07) is 0.773. The third-order valence-electron chi connectivity index (χ3n) is 5.97. The Hall–Kier alpha value is -0.0800. The van der Waals surface area contributed by atoms with Crippen LogP contribution >= 0.6 is 0 Å². The zero-order chi connectivity index (χ0) is 15.3. The minimum Gasteiger partial charge on any atom is -0.314 e. The van der Waals surface area contributed by atoms with E-state index in [2.05, 4.69) is 37.9 Å². The maximum absolute atomic E-state index is 3.86. The Morgan fingerprint density at radius 3 is 2.57 bits per heavy atom. The van der Waals surface area contributed by atoms with Crippen molar-refractivity contribution in [3.63, 3.8) is 0 Å². The van der Waals surface area contributed by atoms with Crippen molar-refractivity contribution < 1.29 is 0 Å². The summed E-state index contributed by atoms with van der Waals surface area (Å²) in [5.74, 6) is 1.87. The van der Waals surface area contributed by atoms with Crippen molar-refractivity contribution in [1.82, 2.24) is 10.2 Å². The van der Waals surface area contributed by atoms with E-state index < -0.39 is 0 Å². The second-order valence-electron chi connectivity index (χ2n) is 8.15. The first-order chi connectivity index (χ1) is 10.1. The summed E-state index contributed by atoms with van der Waals surface area (Å²) in [6.07, 6.45) is 11.2. The van der Waals surface area contributed by atoms with Gasteiger partial charge in [-0.3, -0.25) is 4.90 Å². The lowest BCUT2D eigenvalue weighted by Crippen LogP contribution is -2.49. The smallest absolute Gasteiger partial charge is 0.0153 e. The van der Waals surface area contributed by atoms with Crippen molar-refractivity contribution in [1.29, 1.82) is 0 Å². The summed E-state index contributed by atoms with van der Waals surface area (Å²) in [6.45, 7) is 13.4. The van der Waals surface area contributed by atoms with E-state index in [9.17, 15) is 0 Å². The fourth-order valence-corrected chi connectivity index (χ4v) is 4.62. The van der Waals surface area contributed by atoms with Crippen LogP contribution in [0.1, 0.15) is 79.1 Å². The number of hydrogen-bond acceptors (Lipinski definition) is 2. The van der Waals surface area contributed by atoms with Crippen LogP contribution < -0.4 is 5.32 Å². The summed E-state index contributed by atoms with van der Waals surface area (Å²) in [4.78, 5) is 2.78. The first-order valence-corrected chi connectivity index (χ1v) is 9.55. The van der Waals surface area contributed by atoms with Gasteiger partial charge in [-0.2, -0.15) is 0 Å². The van der Waals surface area contributed by atoms with E-state index in [1.54, 1.807) is 0 Å². The topological polar surface area (TPSA) is 15.3 Å². The van der Waals surface area contributed by atoms with Crippen LogP contribution in [0.4, 0.5) is 0 Å². The van der Waals surface area contributed by atoms with Gasteiger partial charge in [-0.15, -0.1) is 0 Å². The summed E-state index contributed by atoms with van der Waals surface area (Å²) < 4.78 is 0. The molecule has 1 heterocycles. The van der Waals surface area contributed by atoms with Gasteiger partial charge in [0, 0.05) is 18.1 Å². The van der Waals surface area contributed by atoms with Gasteiger partial charge < -0.3 is 5.32 Å². The van der Waals surface area contributed by atoms with E-state index >= 15 is 0 Å².